The van der Waals surface area contributed by atoms with Gasteiger partial charge >= 0.3 is 12.1 Å². The summed E-state index contributed by atoms with van der Waals surface area (Å²) >= 11 is 0. The zero-order valence-electron chi connectivity index (χ0n) is 17.9. The van der Waals surface area contributed by atoms with E-state index in [1.807, 2.05) is 54.6 Å². The van der Waals surface area contributed by atoms with Gasteiger partial charge in [0.15, 0.2) is 0 Å². The Hall–Kier alpha value is -3.86. The fourth-order valence-electron chi connectivity index (χ4n) is 3.87. The Balaban J connectivity index is 1.27. The largest absolute Gasteiger partial charge is 0.458 e. The van der Waals surface area contributed by atoms with E-state index in [1.54, 1.807) is 13.0 Å². The van der Waals surface area contributed by atoms with E-state index in [4.69, 9.17) is 9.47 Å². The molecule has 0 saturated heterocycles. The average molecular weight is 428 g/mol. The van der Waals surface area contributed by atoms with Gasteiger partial charge in [0.2, 0.25) is 0 Å². The Morgan fingerprint density at radius 1 is 0.875 bits per heavy atom. The summed E-state index contributed by atoms with van der Waals surface area (Å²) in [5.74, 6) is -0.456. The van der Waals surface area contributed by atoms with Gasteiger partial charge in [0.25, 0.3) is 0 Å². The van der Waals surface area contributed by atoms with E-state index in [-0.39, 0.29) is 25.2 Å². The van der Waals surface area contributed by atoms with Crippen LogP contribution in [0.1, 0.15) is 29.5 Å². The van der Waals surface area contributed by atoms with Crippen molar-refractivity contribution in [1.29, 1.82) is 0 Å². The number of carbonyl (C=O) groups excluding carboxylic acids is 2. The summed E-state index contributed by atoms with van der Waals surface area (Å²) < 4.78 is 10.7. The Morgan fingerprint density at radius 3 is 2.12 bits per heavy atom. The van der Waals surface area contributed by atoms with Gasteiger partial charge in [-0.2, -0.15) is 0 Å². The molecule has 3 aromatic rings. The average Bonchev–Trinajstić information content (AvgIpc) is 3.14. The molecule has 4 rings (SSSR count). The number of amides is 1. The van der Waals surface area contributed by atoms with Crippen LogP contribution in [0.15, 0.2) is 91.0 Å². The van der Waals surface area contributed by atoms with Crippen molar-refractivity contribution in [3.8, 4) is 11.1 Å². The van der Waals surface area contributed by atoms with Crippen molar-refractivity contribution in [2.45, 2.75) is 25.5 Å². The summed E-state index contributed by atoms with van der Waals surface area (Å²) in [6.45, 7) is 2.22. The van der Waals surface area contributed by atoms with Gasteiger partial charge in [-0.05, 0) is 34.7 Å². The molecule has 1 unspecified atom stereocenters. The molecular formula is C27H25NO4. The van der Waals surface area contributed by atoms with Crippen LogP contribution in [-0.4, -0.2) is 24.7 Å². The molecule has 5 heteroatoms. The summed E-state index contributed by atoms with van der Waals surface area (Å²) in [6, 6.07) is 25.5. The molecule has 0 aromatic heterocycles. The normalized spacial score (nSPS) is 13.3. The molecule has 1 atom stereocenters. The maximum absolute atomic E-state index is 12.3. The Labute approximate surface area is 187 Å². The second-order valence-electron chi connectivity index (χ2n) is 7.71. The van der Waals surface area contributed by atoms with Gasteiger partial charge < -0.3 is 14.8 Å². The molecule has 0 fully saturated rings. The molecule has 162 valence electrons. The van der Waals surface area contributed by atoms with Crippen LogP contribution in [0.25, 0.3) is 11.1 Å². The van der Waals surface area contributed by atoms with E-state index >= 15 is 0 Å². The highest BCUT2D eigenvalue weighted by Crippen LogP contribution is 2.44. The van der Waals surface area contributed by atoms with Crippen molar-refractivity contribution >= 4 is 12.1 Å². The first kappa shape index (κ1) is 21.4. The minimum absolute atomic E-state index is 0.00645. The highest BCUT2D eigenvalue weighted by Gasteiger charge is 2.29. The molecule has 1 N–H and O–H groups in total. The predicted octanol–water partition coefficient (Wildman–Crippen LogP) is 5.21. The van der Waals surface area contributed by atoms with E-state index in [0.29, 0.717) is 0 Å². The molecule has 0 saturated carbocycles. The molecule has 1 aliphatic rings. The van der Waals surface area contributed by atoms with E-state index < -0.39 is 12.1 Å². The number of carbonyl (C=O) groups is 2. The SMILES string of the molecule is CC(/C=C/C(=O)OCc1ccccc1)NC(=O)OCC1c2ccccc2-c2ccccc21. The first-order valence-electron chi connectivity index (χ1n) is 10.6. The van der Waals surface area contributed by atoms with Gasteiger partial charge in [0.05, 0.1) is 0 Å². The third kappa shape index (κ3) is 5.06. The number of fused-ring (bicyclic) bond motifs is 3. The van der Waals surface area contributed by atoms with Gasteiger partial charge in [0.1, 0.15) is 13.2 Å². The van der Waals surface area contributed by atoms with Crippen molar-refractivity contribution in [3.63, 3.8) is 0 Å². The number of alkyl carbamates (subject to hydrolysis) is 1. The fraction of sp³-hybridized carbons (Fsp3) is 0.185. The number of benzene rings is 3. The highest BCUT2D eigenvalue weighted by atomic mass is 16.5. The van der Waals surface area contributed by atoms with Crippen LogP contribution < -0.4 is 5.32 Å². The fourth-order valence-corrected chi connectivity index (χ4v) is 3.87. The maximum atomic E-state index is 12.3. The quantitative estimate of drug-likeness (QED) is 0.415. The summed E-state index contributed by atoms with van der Waals surface area (Å²) in [7, 11) is 0. The molecule has 3 aromatic carbocycles. The molecule has 0 radical (unpaired) electrons. The van der Waals surface area contributed by atoms with E-state index in [1.165, 1.54) is 17.2 Å². The zero-order valence-corrected chi connectivity index (χ0v) is 17.9. The minimum Gasteiger partial charge on any atom is -0.458 e. The standard InChI is InChI=1S/C27H25NO4/c1-19(15-16-26(29)31-17-20-9-3-2-4-10-20)28-27(30)32-18-25-23-13-7-5-11-21(23)22-12-6-8-14-24(22)25/h2-16,19,25H,17-18H2,1H3,(H,28,30)/b16-15+. The molecule has 0 bridgehead atoms. The third-order valence-electron chi connectivity index (χ3n) is 5.43. The summed E-state index contributed by atoms with van der Waals surface area (Å²) in [6.07, 6.45) is 2.37. The van der Waals surface area contributed by atoms with Crippen LogP contribution in [-0.2, 0) is 20.9 Å². The monoisotopic (exact) mass is 427 g/mol. The van der Waals surface area contributed by atoms with Gasteiger partial charge in [-0.1, -0.05) is 84.9 Å². The van der Waals surface area contributed by atoms with Crippen molar-refractivity contribution in [2.24, 2.45) is 0 Å². The molecule has 0 spiro atoms. The first-order chi connectivity index (χ1) is 15.6. The van der Waals surface area contributed by atoms with Crippen molar-refractivity contribution < 1.29 is 19.1 Å². The number of hydrogen-bond donors (Lipinski definition) is 1. The Kier molecular flexibility index (Phi) is 6.66. The van der Waals surface area contributed by atoms with Crippen molar-refractivity contribution in [2.75, 3.05) is 6.61 Å². The lowest BCUT2D eigenvalue weighted by molar-refractivity contribution is -0.139. The van der Waals surface area contributed by atoms with E-state index in [0.717, 1.165) is 16.7 Å². The van der Waals surface area contributed by atoms with Gasteiger partial charge in [0, 0.05) is 18.0 Å². The third-order valence-corrected chi connectivity index (χ3v) is 5.43. The molecule has 0 aliphatic heterocycles. The van der Waals surface area contributed by atoms with E-state index in [9.17, 15) is 9.59 Å². The van der Waals surface area contributed by atoms with Crippen LogP contribution >= 0.6 is 0 Å². The minimum atomic E-state index is -0.526. The van der Waals surface area contributed by atoms with Crippen LogP contribution in [0.3, 0.4) is 0 Å². The van der Waals surface area contributed by atoms with Gasteiger partial charge in [-0.3, -0.25) is 0 Å². The summed E-state index contributed by atoms with van der Waals surface area (Å²) in [5.41, 5.74) is 5.61. The van der Waals surface area contributed by atoms with Crippen LogP contribution in [0.2, 0.25) is 0 Å². The number of rotatable bonds is 7. The molecule has 32 heavy (non-hydrogen) atoms. The number of nitrogens with one attached hydrogen (secondary N) is 1. The lowest BCUT2D eigenvalue weighted by Gasteiger charge is -2.16. The number of ether oxygens (including phenoxy) is 2. The lowest BCUT2D eigenvalue weighted by Crippen LogP contribution is -2.32. The zero-order chi connectivity index (χ0) is 22.3. The number of hydrogen-bond acceptors (Lipinski definition) is 4. The first-order valence-corrected chi connectivity index (χ1v) is 10.6. The second kappa shape index (κ2) is 9.96. The van der Waals surface area contributed by atoms with Crippen LogP contribution in [0, 0.1) is 0 Å². The summed E-state index contributed by atoms with van der Waals surface area (Å²) in [5, 5.41) is 2.73. The molecular weight excluding hydrogens is 402 g/mol. The topological polar surface area (TPSA) is 64.6 Å². The molecule has 5 nitrogen and oxygen atoms in total. The Morgan fingerprint density at radius 2 is 1.47 bits per heavy atom. The molecule has 1 aliphatic carbocycles. The van der Waals surface area contributed by atoms with Gasteiger partial charge in [-0.25, -0.2) is 9.59 Å². The molecule has 1 amide bonds. The second-order valence-corrected chi connectivity index (χ2v) is 7.71. The van der Waals surface area contributed by atoms with Crippen molar-refractivity contribution in [1.82, 2.24) is 5.32 Å². The summed E-state index contributed by atoms with van der Waals surface area (Å²) in [4.78, 5) is 24.2. The lowest BCUT2D eigenvalue weighted by atomic mass is 9.98. The number of esters is 1. The maximum Gasteiger partial charge on any atom is 0.407 e. The highest BCUT2D eigenvalue weighted by molar-refractivity contribution is 5.82. The van der Waals surface area contributed by atoms with Crippen molar-refractivity contribution in [3.05, 3.63) is 108 Å². The molecule has 0 heterocycles. The Bertz CT molecular complexity index is 1080. The predicted molar refractivity (Wildman–Crippen MR) is 123 cm³/mol. The smallest absolute Gasteiger partial charge is 0.407 e. The van der Waals surface area contributed by atoms with E-state index in [2.05, 4.69) is 29.6 Å². The van der Waals surface area contributed by atoms with Crippen LogP contribution in [0.4, 0.5) is 4.79 Å². The van der Waals surface area contributed by atoms with Crippen LogP contribution in [0.5, 0.6) is 0 Å². The van der Waals surface area contributed by atoms with Gasteiger partial charge in [-0.15, -0.1) is 0 Å².